The van der Waals surface area contributed by atoms with Crippen molar-refractivity contribution in [3.63, 3.8) is 0 Å². The fourth-order valence-electron chi connectivity index (χ4n) is 3.57. The fraction of sp³-hybridized carbons (Fsp3) is 0.125. The Kier molecular flexibility index (Phi) is 5.71. The zero-order valence-corrected chi connectivity index (χ0v) is 18.8. The number of rotatable bonds is 7. The van der Waals surface area contributed by atoms with Crippen molar-refractivity contribution in [2.24, 2.45) is 0 Å². The fourth-order valence-corrected chi connectivity index (χ4v) is 3.57. The van der Waals surface area contributed by atoms with Gasteiger partial charge in [-0.25, -0.2) is 13.9 Å². The number of ether oxygens (including phenoxy) is 2. The first kappa shape index (κ1) is 21.9. The molecule has 0 unspecified atom stereocenters. The molecule has 35 heavy (non-hydrogen) atoms. The smallest absolute Gasteiger partial charge is 0.350 e. The molecule has 0 saturated heterocycles. The Balaban J connectivity index is 1.43. The van der Waals surface area contributed by atoms with Crippen molar-refractivity contribution in [1.82, 2.24) is 24.3 Å². The lowest BCUT2D eigenvalue weighted by molar-refractivity contribution is -0.117. The summed E-state index contributed by atoms with van der Waals surface area (Å²) in [7, 11) is 3.02. The van der Waals surface area contributed by atoms with Gasteiger partial charge in [0.15, 0.2) is 5.65 Å². The number of carbonyl (C=O) groups is 1. The van der Waals surface area contributed by atoms with E-state index in [1.165, 1.54) is 18.6 Å². The number of fused-ring (bicyclic) bond motifs is 1. The molecule has 0 bridgehead atoms. The second-order valence-corrected chi connectivity index (χ2v) is 7.46. The summed E-state index contributed by atoms with van der Waals surface area (Å²) in [5.74, 6) is 1.18. The van der Waals surface area contributed by atoms with Crippen molar-refractivity contribution in [2.45, 2.75) is 6.54 Å². The van der Waals surface area contributed by atoms with Crippen LogP contribution in [0, 0.1) is 0 Å². The van der Waals surface area contributed by atoms with Gasteiger partial charge in [-0.2, -0.15) is 4.98 Å². The molecule has 176 valence electrons. The molecule has 11 heteroatoms. The van der Waals surface area contributed by atoms with Gasteiger partial charge >= 0.3 is 5.69 Å². The molecule has 2 aromatic carbocycles. The van der Waals surface area contributed by atoms with Crippen molar-refractivity contribution >= 4 is 17.2 Å². The highest BCUT2D eigenvalue weighted by atomic mass is 16.5. The molecule has 3 heterocycles. The van der Waals surface area contributed by atoms with Gasteiger partial charge in [-0.05, 0) is 24.3 Å². The van der Waals surface area contributed by atoms with Crippen molar-refractivity contribution in [3.05, 3.63) is 77.3 Å². The maximum Gasteiger partial charge on any atom is 0.350 e. The molecule has 0 saturated carbocycles. The maximum absolute atomic E-state index is 12.9. The van der Waals surface area contributed by atoms with E-state index in [4.69, 9.17) is 14.0 Å². The summed E-state index contributed by atoms with van der Waals surface area (Å²) in [4.78, 5) is 30.1. The van der Waals surface area contributed by atoms with E-state index in [1.54, 1.807) is 36.5 Å². The molecule has 0 aliphatic rings. The topological polar surface area (TPSA) is 126 Å². The third kappa shape index (κ3) is 4.22. The molecular weight excluding hydrogens is 452 g/mol. The van der Waals surface area contributed by atoms with E-state index in [1.807, 2.05) is 30.3 Å². The summed E-state index contributed by atoms with van der Waals surface area (Å²) in [6, 6.07) is 17.8. The van der Waals surface area contributed by atoms with Crippen LogP contribution in [-0.4, -0.2) is 44.4 Å². The number of methoxy groups -OCH3 is 2. The predicted octanol–water partition coefficient (Wildman–Crippen LogP) is 2.87. The van der Waals surface area contributed by atoms with Gasteiger partial charge in [-0.15, -0.1) is 5.10 Å². The third-order valence-electron chi connectivity index (χ3n) is 5.27. The number of hydrogen-bond donors (Lipinski definition) is 1. The Morgan fingerprint density at radius 2 is 1.89 bits per heavy atom. The SMILES string of the molecule is COc1ccc(NC(=O)Cn2nc3c(-c4nc(-c5ccccc5)no4)cccn3c2=O)c(OC)c1. The summed E-state index contributed by atoms with van der Waals surface area (Å²) < 4.78 is 18.3. The second-order valence-electron chi connectivity index (χ2n) is 7.46. The lowest BCUT2D eigenvalue weighted by Gasteiger charge is -2.11. The van der Waals surface area contributed by atoms with Crippen LogP contribution >= 0.6 is 0 Å². The molecule has 5 aromatic rings. The molecule has 1 amide bonds. The van der Waals surface area contributed by atoms with E-state index in [9.17, 15) is 9.59 Å². The summed E-state index contributed by atoms with van der Waals surface area (Å²) in [6.45, 7) is -0.311. The number of anilines is 1. The lowest BCUT2D eigenvalue weighted by Crippen LogP contribution is -2.28. The minimum Gasteiger partial charge on any atom is -0.497 e. The largest absolute Gasteiger partial charge is 0.497 e. The Hall–Kier alpha value is -4.93. The number of pyridine rings is 1. The Morgan fingerprint density at radius 3 is 2.66 bits per heavy atom. The highest BCUT2D eigenvalue weighted by molar-refractivity contribution is 5.92. The highest BCUT2D eigenvalue weighted by Crippen LogP contribution is 2.29. The average molecular weight is 472 g/mol. The van der Waals surface area contributed by atoms with Gasteiger partial charge < -0.3 is 19.3 Å². The summed E-state index contributed by atoms with van der Waals surface area (Å²) in [5, 5.41) is 11.1. The van der Waals surface area contributed by atoms with Crippen LogP contribution < -0.4 is 20.5 Å². The number of aromatic nitrogens is 5. The van der Waals surface area contributed by atoms with Crippen LogP contribution in [-0.2, 0) is 11.3 Å². The standard InChI is InChI=1S/C24H20N6O5/c1-33-16-10-11-18(19(13-16)34-2)25-20(31)14-30-24(32)29-12-6-9-17(22(29)27-30)23-26-21(28-35-23)15-7-4-3-5-8-15/h3-13H,14H2,1-2H3,(H,25,31). The number of nitrogens with one attached hydrogen (secondary N) is 1. The Morgan fingerprint density at radius 1 is 1.06 bits per heavy atom. The average Bonchev–Trinajstić information content (AvgIpc) is 3.50. The Labute approximate surface area is 198 Å². The van der Waals surface area contributed by atoms with Crippen molar-refractivity contribution in [3.8, 4) is 34.3 Å². The predicted molar refractivity (Wildman–Crippen MR) is 126 cm³/mol. The van der Waals surface area contributed by atoms with Gasteiger partial charge in [0.2, 0.25) is 11.7 Å². The van der Waals surface area contributed by atoms with Gasteiger partial charge in [0.1, 0.15) is 18.0 Å². The van der Waals surface area contributed by atoms with E-state index in [0.29, 0.717) is 28.6 Å². The van der Waals surface area contributed by atoms with Crippen LogP contribution in [0.4, 0.5) is 5.69 Å². The van der Waals surface area contributed by atoms with Gasteiger partial charge in [-0.3, -0.25) is 4.79 Å². The molecule has 3 aromatic heterocycles. The van der Waals surface area contributed by atoms with Crippen LogP contribution in [0.2, 0.25) is 0 Å². The van der Waals surface area contributed by atoms with E-state index in [0.717, 1.165) is 10.2 Å². The van der Waals surface area contributed by atoms with E-state index in [-0.39, 0.29) is 18.1 Å². The lowest BCUT2D eigenvalue weighted by atomic mass is 10.2. The monoisotopic (exact) mass is 472 g/mol. The van der Waals surface area contributed by atoms with Crippen LogP contribution in [0.3, 0.4) is 0 Å². The van der Waals surface area contributed by atoms with Crippen LogP contribution in [0.1, 0.15) is 0 Å². The zero-order chi connectivity index (χ0) is 24.4. The Bertz CT molecular complexity index is 1570. The third-order valence-corrected chi connectivity index (χ3v) is 5.27. The minimum atomic E-state index is -0.485. The summed E-state index contributed by atoms with van der Waals surface area (Å²) >= 11 is 0. The van der Waals surface area contributed by atoms with Gasteiger partial charge in [-0.1, -0.05) is 35.5 Å². The van der Waals surface area contributed by atoms with Gasteiger partial charge in [0.05, 0.1) is 25.5 Å². The van der Waals surface area contributed by atoms with Crippen LogP contribution in [0.25, 0.3) is 28.5 Å². The van der Waals surface area contributed by atoms with E-state index < -0.39 is 11.6 Å². The minimum absolute atomic E-state index is 0.207. The number of benzene rings is 2. The highest BCUT2D eigenvalue weighted by Gasteiger charge is 2.19. The van der Waals surface area contributed by atoms with Gasteiger partial charge in [0, 0.05) is 17.8 Å². The summed E-state index contributed by atoms with van der Waals surface area (Å²) in [5.41, 5.74) is 1.51. The van der Waals surface area contributed by atoms with E-state index in [2.05, 4.69) is 20.6 Å². The number of hydrogen-bond acceptors (Lipinski definition) is 8. The molecule has 0 radical (unpaired) electrons. The molecule has 0 spiro atoms. The van der Waals surface area contributed by atoms with Crippen LogP contribution in [0.15, 0.2) is 76.2 Å². The molecule has 11 nitrogen and oxygen atoms in total. The number of nitrogens with zero attached hydrogens (tertiary/aromatic N) is 5. The zero-order valence-electron chi connectivity index (χ0n) is 18.8. The molecule has 0 atom stereocenters. The normalized spacial score (nSPS) is 10.9. The first-order valence-corrected chi connectivity index (χ1v) is 10.6. The molecular formula is C24H20N6O5. The molecule has 5 rings (SSSR count). The number of carbonyl (C=O) groups excluding carboxylic acids is 1. The quantitative estimate of drug-likeness (QED) is 0.383. The first-order chi connectivity index (χ1) is 17.1. The van der Waals surface area contributed by atoms with Crippen molar-refractivity contribution < 1.29 is 18.8 Å². The van der Waals surface area contributed by atoms with Crippen molar-refractivity contribution in [1.29, 1.82) is 0 Å². The maximum atomic E-state index is 12.9. The first-order valence-electron chi connectivity index (χ1n) is 10.6. The van der Waals surface area contributed by atoms with E-state index >= 15 is 0 Å². The second kappa shape index (κ2) is 9.14. The molecule has 0 fully saturated rings. The summed E-state index contributed by atoms with van der Waals surface area (Å²) in [6.07, 6.45) is 1.56. The molecule has 0 aliphatic heterocycles. The molecule has 1 N–H and O–H groups in total. The van der Waals surface area contributed by atoms with Crippen molar-refractivity contribution in [2.75, 3.05) is 19.5 Å². The molecule has 0 aliphatic carbocycles. The van der Waals surface area contributed by atoms with Gasteiger partial charge in [0.25, 0.3) is 5.89 Å². The number of amides is 1. The van der Waals surface area contributed by atoms with Crippen LogP contribution in [0.5, 0.6) is 11.5 Å².